The number of nitrogens with zero attached hydrogens (tertiary/aromatic N) is 1. The third kappa shape index (κ3) is 6.26. The third-order valence-corrected chi connectivity index (χ3v) is 7.59. The van der Waals surface area contributed by atoms with Crippen molar-refractivity contribution >= 4 is 44.1 Å². The van der Waals surface area contributed by atoms with Crippen LogP contribution in [0.25, 0.3) is 0 Å². The predicted molar refractivity (Wildman–Crippen MR) is 120 cm³/mol. The molecule has 1 aromatic rings. The molecular formula is C20H30N4O6S2. The van der Waals surface area contributed by atoms with Gasteiger partial charge in [-0.15, -0.1) is 0 Å². The number of hydrogen-bond donors (Lipinski definition) is 3. The van der Waals surface area contributed by atoms with Gasteiger partial charge in [-0.05, 0) is 31.1 Å². The van der Waals surface area contributed by atoms with Crippen LogP contribution in [0.3, 0.4) is 0 Å². The van der Waals surface area contributed by atoms with Crippen molar-refractivity contribution in [1.29, 1.82) is 0 Å². The number of amides is 2. The molecule has 1 aromatic heterocycles. The Labute approximate surface area is 191 Å². The molecule has 3 N–H and O–H groups in total. The molecule has 10 nitrogen and oxygen atoms in total. The molecule has 1 aliphatic carbocycles. The number of anilines is 1. The van der Waals surface area contributed by atoms with E-state index in [2.05, 4.69) is 27.3 Å². The molecule has 2 aliphatic rings. The number of ketones is 1. The molecule has 2 heterocycles. The van der Waals surface area contributed by atoms with Gasteiger partial charge in [0.15, 0.2) is 10.9 Å². The van der Waals surface area contributed by atoms with Crippen molar-refractivity contribution in [3.63, 3.8) is 0 Å². The largest absolute Gasteiger partial charge is 0.368 e. The van der Waals surface area contributed by atoms with Crippen LogP contribution in [0, 0.1) is 5.41 Å². The van der Waals surface area contributed by atoms with Crippen molar-refractivity contribution in [2.45, 2.75) is 70.6 Å². The Morgan fingerprint density at radius 2 is 2.03 bits per heavy atom. The van der Waals surface area contributed by atoms with Crippen molar-refractivity contribution in [3.05, 3.63) is 11.1 Å². The van der Waals surface area contributed by atoms with Crippen molar-refractivity contribution in [1.82, 2.24) is 15.6 Å². The zero-order valence-corrected chi connectivity index (χ0v) is 20.1. The van der Waals surface area contributed by atoms with E-state index in [0.29, 0.717) is 12.8 Å². The number of nitrogens with one attached hydrogen (secondary N) is 3. The number of Topliss-reactive ketones (excluding diaryl/α,β-unsaturated/α-hetero) is 1. The van der Waals surface area contributed by atoms with Crippen LogP contribution in [-0.4, -0.2) is 62.0 Å². The minimum atomic E-state index is -3.52. The van der Waals surface area contributed by atoms with Crippen LogP contribution in [-0.2, 0) is 24.3 Å². The first kappa shape index (κ1) is 24.6. The maximum atomic E-state index is 13.2. The summed E-state index contributed by atoms with van der Waals surface area (Å²) in [6.07, 6.45) is 6.96. The van der Waals surface area contributed by atoms with Crippen LogP contribution < -0.4 is 15.4 Å². The average Bonchev–Trinajstić information content (AvgIpc) is 3.42. The van der Waals surface area contributed by atoms with Crippen molar-refractivity contribution < 1.29 is 27.5 Å². The lowest BCUT2D eigenvalue weighted by Gasteiger charge is -2.30. The molecule has 0 spiro atoms. The molecule has 178 valence electrons. The average molecular weight is 487 g/mol. The number of hydrogen-bond acceptors (Lipinski definition) is 8. The van der Waals surface area contributed by atoms with Crippen LogP contribution in [0.4, 0.5) is 5.13 Å². The van der Waals surface area contributed by atoms with Gasteiger partial charge >= 0.3 is 0 Å². The van der Waals surface area contributed by atoms with Crippen molar-refractivity contribution in [2.24, 2.45) is 5.41 Å². The van der Waals surface area contributed by atoms with Crippen molar-refractivity contribution in [2.75, 3.05) is 17.6 Å². The fraction of sp³-hybridized carbons (Fsp3) is 0.700. The predicted octanol–water partition coefficient (Wildman–Crippen LogP) is 1.45. The van der Waals surface area contributed by atoms with Gasteiger partial charge in [0.2, 0.25) is 15.9 Å². The van der Waals surface area contributed by atoms with Gasteiger partial charge in [0.25, 0.3) is 5.91 Å². The Morgan fingerprint density at radius 3 is 2.66 bits per heavy atom. The summed E-state index contributed by atoms with van der Waals surface area (Å²) in [6.45, 7) is 3.95. The fourth-order valence-electron chi connectivity index (χ4n) is 4.31. The Hall–Kier alpha value is -2.05. The van der Waals surface area contributed by atoms with E-state index in [1.165, 1.54) is 6.20 Å². The van der Waals surface area contributed by atoms with Gasteiger partial charge in [0.05, 0.1) is 18.6 Å². The molecule has 0 unspecified atom stereocenters. The van der Waals surface area contributed by atoms with Gasteiger partial charge < -0.3 is 15.4 Å². The fourth-order valence-corrected chi connectivity index (χ4v) is 5.87. The summed E-state index contributed by atoms with van der Waals surface area (Å²) >= 11 is 0.881. The van der Waals surface area contributed by atoms with E-state index in [1.807, 2.05) is 6.92 Å². The molecule has 2 fully saturated rings. The van der Waals surface area contributed by atoms with Gasteiger partial charge in [-0.1, -0.05) is 38.0 Å². The molecule has 0 aromatic carbocycles. The molecule has 12 heteroatoms. The first-order valence-corrected chi connectivity index (χ1v) is 13.4. The highest BCUT2D eigenvalue weighted by Crippen LogP contribution is 2.41. The summed E-state index contributed by atoms with van der Waals surface area (Å²) < 4.78 is 30.4. The number of sulfonamides is 1. The number of carbonyl (C=O) groups excluding carboxylic acids is 3. The third-order valence-electron chi connectivity index (χ3n) is 5.99. The standard InChI is InChI=1S/C20H30N4O6S2/c1-4-14-16(13(25)11-30-14)23-17(26)12(9-20(2)7-5-6-8-20)22-18(27)15-10-21-19(31-15)24-32(3,28)29/h10,12,14,16H,4-9,11H2,1-3H3,(H,21,24)(H,22,27)(H,23,26)/t12-,14-,16+/m0/s1. The second-order valence-corrected chi connectivity index (χ2v) is 11.6. The lowest BCUT2D eigenvalue weighted by atomic mass is 9.81. The quantitative estimate of drug-likeness (QED) is 0.479. The first-order valence-electron chi connectivity index (χ1n) is 10.7. The van der Waals surface area contributed by atoms with Gasteiger partial charge in [0.1, 0.15) is 23.6 Å². The van der Waals surface area contributed by atoms with Crippen LogP contribution in [0.5, 0.6) is 0 Å². The highest BCUT2D eigenvalue weighted by Gasteiger charge is 2.40. The summed E-state index contributed by atoms with van der Waals surface area (Å²) in [5, 5.41) is 5.63. The second-order valence-electron chi connectivity index (χ2n) is 8.86. The minimum Gasteiger partial charge on any atom is -0.368 e. The lowest BCUT2D eigenvalue weighted by molar-refractivity contribution is -0.128. The number of thiazole rings is 1. The SMILES string of the molecule is CC[C@@H]1OCC(=O)[C@H]1NC(=O)[C@H](CC1(C)CCCC1)NC(=O)c1cnc(NS(C)(=O)=O)s1. The molecule has 3 rings (SSSR count). The van der Waals surface area contributed by atoms with E-state index in [9.17, 15) is 22.8 Å². The number of rotatable bonds is 9. The minimum absolute atomic E-state index is 0.0326. The first-order chi connectivity index (χ1) is 15.0. The lowest BCUT2D eigenvalue weighted by Crippen LogP contribution is -2.54. The monoisotopic (exact) mass is 486 g/mol. The van der Waals surface area contributed by atoms with E-state index in [1.54, 1.807) is 0 Å². The topological polar surface area (TPSA) is 144 Å². The van der Waals surface area contributed by atoms with Gasteiger partial charge in [0, 0.05) is 0 Å². The highest BCUT2D eigenvalue weighted by molar-refractivity contribution is 7.92. The van der Waals surface area contributed by atoms with E-state index in [0.717, 1.165) is 43.3 Å². The highest BCUT2D eigenvalue weighted by atomic mass is 32.2. The van der Waals surface area contributed by atoms with E-state index >= 15 is 0 Å². The molecule has 0 radical (unpaired) electrons. The molecule has 3 atom stereocenters. The summed E-state index contributed by atoms with van der Waals surface area (Å²) in [7, 11) is -3.52. The van der Waals surface area contributed by atoms with Crippen molar-refractivity contribution in [3.8, 4) is 0 Å². The zero-order chi connectivity index (χ0) is 23.5. The molecular weight excluding hydrogens is 456 g/mol. The van der Waals surface area contributed by atoms with Gasteiger partial charge in [-0.3, -0.25) is 19.1 Å². The summed E-state index contributed by atoms with van der Waals surface area (Å²) in [4.78, 5) is 42.3. The Morgan fingerprint density at radius 1 is 1.34 bits per heavy atom. The number of carbonyl (C=O) groups is 3. The maximum Gasteiger partial charge on any atom is 0.263 e. The number of aromatic nitrogens is 1. The van der Waals surface area contributed by atoms with Crippen LogP contribution in [0.15, 0.2) is 6.20 Å². The Kier molecular flexibility index (Phi) is 7.56. The van der Waals surface area contributed by atoms with Crippen LogP contribution >= 0.6 is 11.3 Å². The zero-order valence-electron chi connectivity index (χ0n) is 18.5. The molecule has 1 saturated carbocycles. The normalized spacial score (nSPS) is 23.7. The molecule has 1 saturated heterocycles. The molecule has 1 aliphatic heterocycles. The Bertz CT molecular complexity index is 970. The number of ether oxygens (including phenoxy) is 1. The van der Waals surface area contributed by atoms with Gasteiger partial charge in [-0.2, -0.15) is 0 Å². The molecule has 2 amide bonds. The van der Waals surface area contributed by atoms with Gasteiger partial charge in [-0.25, -0.2) is 13.4 Å². The maximum absolute atomic E-state index is 13.2. The molecule has 32 heavy (non-hydrogen) atoms. The van der Waals surface area contributed by atoms with E-state index < -0.39 is 33.9 Å². The van der Waals surface area contributed by atoms with E-state index in [4.69, 9.17) is 4.74 Å². The summed E-state index contributed by atoms with van der Waals surface area (Å²) in [5.41, 5.74) is -0.0909. The van der Waals surface area contributed by atoms with Crippen LogP contribution in [0.1, 0.15) is 62.0 Å². The van der Waals surface area contributed by atoms with E-state index in [-0.39, 0.29) is 33.9 Å². The van der Waals surface area contributed by atoms with Crippen LogP contribution in [0.2, 0.25) is 0 Å². The Balaban J connectivity index is 1.74. The summed E-state index contributed by atoms with van der Waals surface area (Å²) in [6, 6.07) is -1.57. The molecule has 0 bridgehead atoms. The second kappa shape index (κ2) is 9.84. The smallest absolute Gasteiger partial charge is 0.263 e. The summed E-state index contributed by atoms with van der Waals surface area (Å²) in [5.74, 6) is -1.12.